The number of nitrogens with zero attached hydrogens (tertiary/aromatic N) is 1. The minimum absolute atomic E-state index is 0.0515. The predicted octanol–water partition coefficient (Wildman–Crippen LogP) is -0.703. The Morgan fingerprint density at radius 2 is 2.15 bits per heavy atom. The lowest BCUT2D eigenvalue weighted by molar-refractivity contribution is 0.0951. The second kappa shape index (κ2) is 3.40. The van der Waals surface area contributed by atoms with Gasteiger partial charge in [0.2, 0.25) is 0 Å². The van der Waals surface area contributed by atoms with Crippen molar-refractivity contribution < 1.29 is 4.79 Å². The standard InChI is InChI=1S/C8H11N3O2/c1-5-3-4-6(7(12)10-9)8(13)11(5)2/h3-4H,9H2,1-2H3,(H,10,12). The molecule has 5 nitrogen and oxygen atoms in total. The molecule has 5 heteroatoms. The highest BCUT2D eigenvalue weighted by molar-refractivity contribution is 5.93. The van der Waals surface area contributed by atoms with E-state index in [4.69, 9.17) is 5.84 Å². The maximum Gasteiger partial charge on any atom is 0.270 e. The van der Waals surface area contributed by atoms with Gasteiger partial charge in [-0.05, 0) is 19.1 Å². The van der Waals surface area contributed by atoms with Crippen LogP contribution in [0, 0.1) is 6.92 Å². The number of carbonyl (C=O) groups excluding carboxylic acids is 1. The fourth-order valence-corrected chi connectivity index (χ4v) is 0.978. The molecule has 70 valence electrons. The summed E-state index contributed by atoms with van der Waals surface area (Å²) >= 11 is 0. The predicted molar refractivity (Wildman–Crippen MR) is 48.1 cm³/mol. The second-order valence-corrected chi connectivity index (χ2v) is 2.73. The molecular formula is C8H11N3O2. The van der Waals surface area contributed by atoms with E-state index in [0.29, 0.717) is 0 Å². The monoisotopic (exact) mass is 181 g/mol. The number of nitrogens with one attached hydrogen (secondary N) is 1. The second-order valence-electron chi connectivity index (χ2n) is 2.73. The molecule has 0 atom stereocenters. The largest absolute Gasteiger partial charge is 0.315 e. The smallest absolute Gasteiger partial charge is 0.270 e. The molecular weight excluding hydrogens is 170 g/mol. The molecule has 0 aliphatic rings. The summed E-state index contributed by atoms with van der Waals surface area (Å²) in [4.78, 5) is 22.5. The van der Waals surface area contributed by atoms with Crippen LogP contribution in [-0.4, -0.2) is 10.5 Å². The average molecular weight is 181 g/mol. The van der Waals surface area contributed by atoms with Gasteiger partial charge in [-0.25, -0.2) is 5.84 Å². The van der Waals surface area contributed by atoms with Gasteiger partial charge in [-0.1, -0.05) is 0 Å². The highest BCUT2D eigenvalue weighted by atomic mass is 16.2. The molecule has 1 aromatic heterocycles. The van der Waals surface area contributed by atoms with Crippen molar-refractivity contribution in [3.8, 4) is 0 Å². The molecule has 0 aliphatic heterocycles. The summed E-state index contributed by atoms with van der Waals surface area (Å²) in [7, 11) is 1.60. The highest BCUT2D eigenvalue weighted by Gasteiger charge is 2.09. The number of rotatable bonds is 1. The van der Waals surface area contributed by atoms with Crippen molar-refractivity contribution in [2.45, 2.75) is 6.92 Å². The molecule has 0 saturated heterocycles. The Hall–Kier alpha value is -1.62. The van der Waals surface area contributed by atoms with Crippen molar-refractivity contribution >= 4 is 5.91 Å². The third-order valence-electron chi connectivity index (χ3n) is 1.93. The average Bonchev–Trinajstić information content (AvgIpc) is 2.13. The van der Waals surface area contributed by atoms with E-state index in [9.17, 15) is 9.59 Å². The number of aryl methyl sites for hydroxylation is 1. The minimum Gasteiger partial charge on any atom is -0.315 e. The highest BCUT2D eigenvalue weighted by Crippen LogP contribution is 1.95. The molecule has 0 radical (unpaired) electrons. The molecule has 0 fully saturated rings. The van der Waals surface area contributed by atoms with Crippen LogP contribution in [0.1, 0.15) is 16.1 Å². The fraction of sp³-hybridized carbons (Fsp3) is 0.250. The first-order chi connectivity index (χ1) is 6.07. The zero-order valence-corrected chi connectivity index (χ0v) is 7.50. The molecule has 1 rings (SSSR count). The summed E-state index contributed by atoms with van der Waals surface area (Å²) in [5.41, 5.74) is 2.41. The van der Waals surface area contributed by atoms with Crippen LogP contribution >= 0.6 is 0 Å². The quantitative estimate of drug-likeness (QED) is 0.341. The van der Waals surface area contributed by atoms with Crippen molar-refractivity contribution in [3.05, 3.63) is 33.7 Å². The maximum absolute atomic E-state index is 11.4. The van der Waals surface area contributed by atoms with Crippen LogP contribution in [0.3, 0.4) is 0 Å². The molecule has 0 aromatic carbocycles. The van der Waals surface area contributed by atoms with Crippen LogP contribution in [0.4, 0.5) is 0 Å². The van der Waals surface area contributed by atoms with Gasteiger partial charge >= 0.3 is 0 Å². The van der Waals surface area contributed by atoms with Crippen LogP contribution in [0.5, 0.6) is 0 Å². The van der Waals surface area contributed by atoms with Gasteiger partial charge in [0.15, 0.2) is 0 Å². The zero-order chi connectivity index (χ0) is 10.0. The van der Waals surface area contributed by atoms with Crippen molar-refractivity contribution in [1.82, 2.24) is 9.99 Å². The summed E-state index contributed by atoms with van der Waals surface area (Å²) in [6.45, 7) is 1.78. The molecule has 0 spiro atoms. The van der Waals surface area contributed by atoms with Gasteiger partial charge in [0.25, 0.3) is 11.5 Å². The van der Waals surface area contributed by atoms with Crippen LogP contribution in [0.2, 0.25) is 0 Å². The Balaban J connectivity index is 3.35. The first-order valence-corrected chi connectivity index (χ1v) is 3.75. The zero-order valence-electron chi connectivity index (χ0n) is 7.50. The molecule has 0 unspecified atom stereocenters. The van der Waals surface area contributed by atoms with E-state index < -0.39 is 5.91 Å². The third-order valence-corrected chi connectivity index (χ3v) is 1.93. The number of hydrazine groups is 1. The topological polar surface area (TPSA) is 77.1 Å². The van der Waals surface area contributed by atoms with Crippen molar-refractivity contribution in [2.24, 2.45) is 12.9 Å². The Bertz CT molecular complexity index is 395. The van der Waals surface area contributed by atoms with E-state index in [1.54, 1.807) is 20.0 Å². The van der Waals surface area contributed by atoms with Gasteiger partial charge in [0, 0.05) is 12.7 Å². The molecule has 0 saturated carbocycles. The van der Waals surface area contributed by atoms with Gasteiger partial charge < -0.3 is 4.57 Å². The van der Waals surface area contributed by atoms with E-state index >= 15 is 0 Å². The SMILES string of the molecule is Cc1ccc(C(=O)NN)c(=O)n1C. The Labute approximate surface area is 75.1 Å². The molecule has 1 heterocycles. The van der Waals surface area contributed by atoms with Crippen LogP contribution < -0.4 is 16.8 Å². The molecule has 13 heavy (non-hydrogen) atoms. The van der Waals surface area contributed by atoms with E-state index in [2.05, 4.69) is 0 Å². The molecule has 1 aromatic rings. The number of nitrogens with two attached hydrogens (primary N) is 1. The summed E-state index contributed by atoms with van der Waals surface area (Å²) in [5, 5.41) is 0. The van der Waals surface area contributed by atoms with Crippen molar-refractivity contribution in [1.29, 1.82) is 0 Å². The third kappa shape index (κ3) is 1.59. The Morgan fingerprint density at radius 3 is 2.69 bits per heavy atom. The lowest BCUT2D eigenvalue weighted by Gasteiger charge is -2.04. The van der Waals surface area contributed by atoms with Crippen LogP contribution in [-0.2, 0) is 7.05 Å². The summed E-state index contributed by atoms with van der Waals surface area (Å²) in [6.07, 6.45) is 0. The molecule has 0 aliphatic carbocycles. The van der Waals surface area contributed by atoms with Gasteiger partial charge in [0.1, 0.15) is 5.56 Å². The number of aromatic nitrogens is 1. The van der Waals surface area contributed by atoms with Crippen molar-refractivity contribution in [2.75, 3.05) is 0 Å². The van der Waals surface area contributed by atoms with Gasteiger partial charge in [-0.2, -0.15) is 0 Å². The molecule has 3 N–H and O–H groups in total. The van der Waals surface area contributed by atoms with Crippen molar-refractivity contribution in [3.63, 3.8) is 0 Å². The molecule has 0 bridgehead atoms. The maximum atomic E-state index is 11.4. The number of nitrogen functional groups attached to an aromatic ring is 1. The summed E-state index contributed by atoms with van der Waals surface area (Å²) in [5.74, 6) is 4.34. The normalized spacial score (nSPS) is 9.77. The number of hydrogen-bond donors (Lipinski definition) is 2. The number of pyridine rings is 1. The Morgan fingerprint density at radius 1 is 1.54 bits per heavy atom. The minimum atomic E-state index is -0.569. The Kier molecular flexibility index (Phi) is 2.48. The van der Waals surface area contributed by atoms with Gasteiger partial charge in [-0.3, -0.25) is 15.0 Å². The fourth-order valence-electron chi connectivity index (χ4n) is 0.978. The number of amides is 1. The number of hydrogen-bond acceptors (Lipinski definition) is 3. The van der Waals surface area contributed by atoms with Gasteiger partial charge in [0.05, 0.1) is 0 Å². The van der Waals surface area contributed by atoms with E-state index in [1.807, 2.05) is 5.43 Å². The van der Waals surface area contributed by atoms with Crippen LogP contribution in [0.25, 0.3) is 0 Å². The first kappa shape index (κ1) is 9.47. The van der Waals surface area contributed by atoms with E-state index in [-0.39, 0.29) is 11.1 Å². The molecule has 1 amide bonds. The lowest BCUT2D eigenvalue weighted by Crippen LogP contribution is -2.36. The lowest BCUT2D eigenvalue weighted by atomic mass is 10.2. The van der Waals surface area contributed by atoms with Crippen LogP contribution in [0.15, 0.2) is 16.9 Å². The first-order valence-electron chi connectivity index (χ1n) is 3.75. The van der Waals surface area contributed by atoms with E-state index in [0.717, 1.165) is 5.69 Å². The summed E-state index contributed by atoms with van der Waals surface area (Å²) < 4.78 is 1.39. The van der Waals surface area contributed by atoms with E-state index in [1.165, 1.54) is 10.6 Å². The van der Waals surface area contributed by atoms with Gasteiger partial charge in [-0.15, -0.1) is 0 Å². The number of carbonyl (C=O) groups is 1. The summed E-state index contributed by atoms with van der Waals surface area (Å²) in [6, 6.07) is 3.14.